The summed E-state index contributed by atoms with van der Waals surface area (Å²) in [4.78, 5) is 26.4. The molecule has 1 fully saturated rings. The van der Waals surface area contributed by atoms with Crippen LogP contribution in [0.25, 0.3) is 0 Å². The van der Waals surface area contributed by atoms with E-state index < -0.39 is 11.9 Å². The first kappa shape index (κ1) is 19.7. The van der Waals surface area contributed by atoms with Crippen molar-refractivity contribution in [2.24, 2.45) is 0 Å². The van der Waals surface area contributed by atoms with Gasteiger partial charge >= 0.3 is 0 Å². The maximum absolute atomic E-state index is 13.8. The number of piperidine rings is 1. The van der Waals surface area contributed by atoms with Crippen molar-refractivity contribution >= 4 is 11.8 Å². The second-order valence-electron chi connectivity index (χ2n) is 6.81. The summed E-state index contributed by atoms with van der Waals surface area (Å²) in [5.41, 5.74) is 0.0703. The Labute approximate surface area is 162 Å². The van der Waals surface area contributed by atoms with Crippen LogP contribution in [-0.4, -0.2) is 47.1 Å². The van der Waals surface area contributed by atoms with E-state index in [1.54, 1.807) is 36.1 Å². The Morgan fingerprint density at radius 3 is 2.43 bits per heavy atom. The molecule has 0 saturated carbocycles. The smallest absolute Gasteiger partial charge is 0.260 e. The van der Waals surface area contributed by atoms with Gasteiger partial charge in [0.15, 0.2) is 6.10 Å². The Hall–Kier alpha value is -3.09. The van der Waals surface area contributed by atoms with Crippen LogP contribution in [0.1, 0.15) is 30.1 Å². The van der Waals surface area contributed by atoms with Gasteiger partial charge in [0.2, 0.25) is 0 Å². The standard InChI is InChI=1S/C21H23FN2O4/c1-14(28-17-8-6-16(25)7-9-17)20(26)23-15-10-12-24(13-11-15)21(27)18-4-2-3-5-19(18)22/h2-9,14-15,25H,10-13H2,1H3,(H,23,26). The molecule has 2 N–H and O–H groups in total. The van der Waals surface area contributed by atoms with Crippen LogP contribution in [0.2, 0.25) is 0 Å². The van der Waals surface area contributed by atoms with Crippen LogP contribution < -0.4 is 10.1 Å². The van der Waals surface area contributed by atoms with Crippen molar-refractivity contribution in [2.45, 2.75) is 31.9 Å². The molecule has 1 heterocycles. The number of nitrogens with zero attached hydrogens (tertiary/aromatic N) is 1. The van der Waals surface area contributed by atoms with Gasteiger partial charge in [-0.25, -0.2) is 4.39 Å². The summed E-state index contributed by atoms with van der Waals surface area (Å²) in [6.07, 6.45) is 0.498. The minimum Gasteiger partial charge on any atom is -0.508 e. The highest BCUT2D eigenvalue weighted by molar-refractivity contribution is 5.94. The number of halogens is 1. The van der Waals surface area contributed by atoms with Gasteiger partial charge in [-0.3, -0.25) is 9.59 Å². The molecule has 0 aromatic heterocycles. The van der Waals surface area contributed by atoms with Crippen LogP contribution in [0.15, 0.2) is 48.5 Å². The van der Waals surface area contributed by atoms with E-state index in [9.17, 15) is 19.1 Å². The average molecular weight is 386 g/mol. The van der Waals surface area contributed by atoms with Gasteiger partial charge in [-0.1, -0.05) is 12.1 Å². The molecule has 2 aromatic carbocycles. The van der Waals surface area contributed by atoms with Crippen molar-refractivity contribution < 1.29 is 23.8 Å². The van der Waals surface area contributed by atoms with Crippen LogP contribution >= 0.6 is 0 Å². The molecule has 0 aliphatic carbocycles. The van der Waals surface area contributed by atoms with Crippen LogP contribution in [0.4, 0.5) is 4.39 Å². The molecule has 1 saturated heterocycles. The first-order valence-electron chi connectivity index (χ1n) is 9.24. The fourth-order valence-electron chi connectivity index (χ4n) is 3.13. The van der Waals surface area contributed by atoms with Gasteiger partial charge in [0, 0.05) is 19.1 Å². The Balaban J connectivity index is 1.48. The fraction of sp³-hybridized carbons (Fsp3) is 0.333. The van der Waals surface area contributed by atoms with Gasteiger partial charge in [0.1, 0.15) is 17.3 Å². The van der Waals surface area contributed by atoms with E-state index in [1.165, 1.54) is 24.3 Å². The summed E-state index contributed by atoms with van der Waals surface area (Å²) < 4.78 is 19.4. The molecular formula is C21H23FN2O4. The molecule has 1 aliphatic rings. The van der Waals surface area contributed by atoms with Crippen LogP contribution in [0.3, 0.4) is 0 Å². The zero-order valence-corrected chi connectivity index (χ0v) is 15.6. The van der Waals surface area contributed by atoms with Crippen LogP contribution in [0, 0.1) is 5.82 Å². The van der Waals surface area contributed by atoms with Crippen LogP contribution in [0.5, 0.6) is 11.5 Å². The van der Waals surface area contributed by atoms with Gasteiger partial charge < -0.3 is 20.1 Å². The lowest BCUT2D eigenvalue weighted by Gasteiger charge is -2.33. The maximum Gasteiger partial charge on any atom is 0.260 e. The number of phenolic OH excluding ortho intramolecular Hbond substituents is 1. The molecule has 148 valence electrons. The van der Waals surface area contributed by atoms with Gasteiger partial charge in [-0.15, -0.1) is 0 Å². The number of phenols is 1. The number of aromatic hydroxyl groups is 1. The fourth-order valence-corrected chi connectivity index (χ4v) is 3.13. The second kappa shape index (κ2) is 8.73. The number of hydrogen-bond acceptors (Lipinski definition) is 4. The Bertz CT molecular complexity index is 833. The molecule has 7 heteroatoms. The number of amides is 2. The van der Waals surface area contributed by atoms with E-state index in [0.29, 0.717) is 31.7 Å². The minimum atomic E-state index is -0.692. The Morgan fingerprint density at radius 2 is 1.79 bits per heavy atom. The summed E-state index contributed by atoms with van der Waals surface area (Å²) in [5, 5.41) is 12.2. The van der Waals surface area contributed by atoms with Gasteiger partial charge in [-0.2, -0.15) is 0 Å². The number of benzene rings is 2. The van der Waals surface area contributed by atoms with E-state index in [4.69, 9.17) is 4.74 Å². The van der Waals surface area contributed by atoms with Crippen molar-refractivity contribution in [1.82, 2.24) is 10.2 Å². The number of hydrogen-bond donors (Lipinski definition) is 2. The first-order valence-corrected chi connectivity index (χ1v) is 9.24. The molecule has 1 atom stereocenters. The number of likely N-dealkylation sites (tertiary alicyclic amines) is 1. The lowest BCUT2D eigenvalue weighted by Crippen LogP contribution is -2.49. The number of nitrogens with one attached hydrogen (secondary N) is 1. The van der Waals surface area contributed by atoms with E-state index in [1.807, 2.05) is 0 Å². The molecule has 0 spiro atoms. The quantitative estimate of drug-likeness (QED) is 0.828. The summed E-state index contributed by atoms with van der Waals surface area (Å²) >= 11 is 0. The molecule has 1 unspecified atom stereocenters. The van der Waals surface area contributed by atoms with Crippen LogP contribution in [-0.2, 0) is 4.79 Å². The number of rotatable bonds is 5. The van der Waals surface area contributed by atoms with Crippen molar-refractivity contribution in [1.29, 1.82) is 0 Å². The third-order valence-electron chi connectivity index (χ3n) is 4.75. The number of carbonyl (C=O) groups is 2. The molecule has 6 nitrogen and oxygen atoms in total. The lowest BCUT2D eigenvalue weighted by atomic mass is 10.0. The molecule has 0 radical (unpaired) electrons. The highest BCUT2D eigenvalue weighted by Crippen LogP contribution is 2.18. The lowest BCUT2D eigenvalue weighted by molar-refractivity contribution is -0.128. The van der Waals surface area contributed by atoms with E-state index >= 15 is 0 Å². The van der Waals surface area contributed by atoms with Gasteiger partial charge in [0.25, 0.3) is 11.8 Å². The van der Waals surface area contributed by atoms with Gasteiger partial charge in [0.05, 0.1) is 5.56 Å². The first-order chi connectivity index (χ1) is 13.4. The Morgan fingerprint density at radius 1 is 1.14 bits per heavy atom. The highest BCUT2D eigenvalue weighted by atomic mass is 19.1. The minimum absolute atomic E-state index is 0.0666. The molecule has 0 bridgehead atoms. The third kappa shape index (κ3) is 4.79. The van der Waals surface area contributed by atoms with Gasteiger partial charge in [-0.05, 0) is 56.2 Å². The van der Waals surface area contributed by atoms with Crippen molar-refractivity contribution in [2.75, 3.05) is 13.1 Å². The second-order valence-corrected chi connectivity index (χ2v) is 6.81. The molecule has 2 amide bonds. The van der Waals surface area contributed by atoms with Crippen molar-refractivity contribution in [3.63, 3.8) is 0 Å². The van der Waals surface area contributed by atoms with Crippen molar-refractivity contribution in [3.05, 3.63) is 59.9 Å². The SMILES string of the molecule is CC(Oc1ccc(O)cc1)C(=O)NC1CCN(C(=O)c2ccccc2F)CC1. The normalized spacial score (nSPS) is 15.7. The average Bonchev–Trinajstić information content (AvgIpc) is 2.70. The number of carbonyl (C=O) groups excluding carboxylic acids is 2. The summed E-state index contributed by atoms with van der Waals surface area (Å²) in [6.45, 7) is 2.55. The zero-order chi connectivity index (χ0) is 20.1. The molecule has 3 rings (SSSR count). The molecule has 1 aliphatic heterocycles. The molecular weight excluding hydrogens is 363 g/mol. The van der Waals surface area contributed by atoms with E-state index in [0.717, 1.165) is 0 Å². The topological polar surface area (TPSA) is 78.9 Å². The predicted molar refractivity (Wildman–Crippen MR) is 102 cm³/mol. The largest absolute Gasteiger partial charge is 0.508 e. The number of ether oxygens (including phenoxy) is 1. The Kier molecular flexibility index (Phi) is 6.13. The molecule has 2 aromatic rings. The maximum atomic E-state index is 13.8. The third-order valence-corrected chi connectivity index (χ3v) is 4.75. The summed E-state index contributed by atoms with van der Waals surface area (Å²) in [7, 11) is 0. The van der Waals surface area contributed by atoms with Crippen molar-refractivity contribution in [3.8, 4) is 11.5 Å². The monoisotopic (exact) mass is 386 g/mol. The summed E-state index contributed by atoms with van der Waals surface area (Å²) in [6, 6.07) is 12.0. The van der Waals surface area contributed by atoms with E-state index in [-0.39, 0.29) is 29.2 Å². The predicted octanol–water partition coefficient (Wildman–Crippen LogP) is 2.72. The zero-order valence-electron chi connectivity index (χ0n) is 15.6. The van der Waals surface area contributed by atoms with E-state index in [2.05, 4.69) is 5.32 Å². The summed E-state index contributed by atoms with van der Waals surface area (Å²) in [5.74, 6) is -0.478. The highest BCUT2D eigenvalue weighted by Gasteiger charge is 2.27. The molecule has 28 heavy (non-hydrogen) atoms.